The van der Waals surface area contributed by atoms with Crippen molar-refractivity contribution >= 4 is 21.7 Å². The molecule has 0 aliphatic rings. The first-order chi connectivity index (χ1) is 9.02. The minimum absolute atomic E-state index is 0.216. The SMILES string of the molecule is Cc1nn(C)cc1C(=O)C(C#N)c1cccc(Br)c1. The fourth-order valence-electron chi connectivity index (χ4n) is 1.97. The van der Waals surface area contributed by atoms with Gasteiger partial charge in [0, 0.05) is 17.7 Å². The van der Waals surface area contributed by atoms with Crippen molar-refractivity contribution in [1.29, 1.82) is 5.26 Å². The van der Waals surface area contributed by atoms with Crippen LogP contribution in [-0.4, -0.2) is 15.6 Å². The summed E-state index contributed by atoms with van der Waals surface area (Å²) < 4.78 is 2.43. The van der Waals surface area contributed by atoms with Crippen LogP contribution in [0.15, 0.2) is 34.9 Å². The second-order valence-corrected chi connectivity index (χ2v) is 5.20. The maximum Gasteiger partial charge on any atom is 0.187 e. The quantitative estimate of drug-likeness (QED) is 0.818. The van der Waals surface area contributed by atoms with E-state index in [1.807, 2.05) is 12.1 Å². The van der Waals surface area contributed by atoms with Crippen LogP contribution in [0.25, 0.3) is 0 Å². The van der Waals surface area contributed by atoms with E-state index in [9.17, 15) is 10.1 Å². The predicted molar refractivity (Wildman–Crippen MR) is 74.8 cm³/mol. The van der Waals surface area contributed by atoms with Gasteiger partial charge < -0.3 is 0 Å². The number of nitriles is 1. The van der Waals surface area contributed by atoms with Gasteiger partial charge >= 0.3 is 0 Å². The number of aryl methyl sites for hydroxylation is 2. The Labute approximate surface area is 119 Å². The van der Waals surface area contributed by atoms with Crippen LogP contribution >= 0.6 is 15.9 Å². The first-order valence-electron chi connectivity index (χ1n) is 5.72. The zero-order valence-corrected chi connectivity index (χ0v) is 12.2. The van der Waals surface area contributed by atoms with E-state index in [0.29, 0.717) is 16.8 Å². The van der Waals surface area contributed by atoms with E-state index < -0.39 is 5.92 Å². The average molecular weight is 318 g/mol. The van der Waals surface area contributed by atoms with Gasteiger partial charge in [0.15, 0.2) is 5.78 Å². The van der Waals surface area contributed by atoms with Gasteiger partial charge in [-0.2, -0.15) is 10.4 Å². The van der Waals surface area contributed by atoms with E-state index in [1.54, 1.807) is 37.0 Å². The third-order valence-corrected chi connectivity index (χ3v) is 3.35. The van der Waals surface area contributed by atoms with Crippen LogP contribution in [0, 0.1) is 18.3 Å². The third-order valence-electron chi connectivity index (χ3n) is 2.85. The first kappa shape index (κ1) is 13.5. The first-order valence-corrected chi connectivity index (χ1v) is 6.51. The predicted octanol–water partition coefficient (Wildman–Crippen LogP) is 2.98. The Bertz CT molecular complexity index is 670. The van der Waals surface area contributed by atoms with Crippen LogP contribution in [0.1, 0.15) is 27.5 Å². The van der Waals surface area contributed by atoms with Crippen molar-refractivity contribution in [3.63, 3.8) is 0 Å². The number of carbonyl (C=O) groups is 1. The second kappa shape index (κ2) is 5.37. The fourth-order valence-corrected chi connectivity index (χ4v) is 2.38. The van der Waals surface area contributed by atoms with Crippen LogP contribution in [0.2, 0.25) is 0 Å². The topological polar surface area (TPSA) is 58.7 Å². The molecule has 4 nitrogen and oxygen atoms in total. The molecule has 96 valence electrons. The lowest BCUT2D eigenvalue weighted by Crippen LogP contribution is -2.11. The highest BCUT2D eigenvalue weighted by molar-refractivity contribution is 9.10. The van der Waals surface area contributed by atoms with E-state index in [-0.39, 0.29) is 5.78 Å². The highest BCUT2D eigenvalue weighted by Crippen LogP contribution is 2.24. The zero-order chi connectivity index (χ0) is 14.0. The lowest BCUT2D eigenvalue weighted by molar-refractivity contribution is 0.0978. The summed E-state index contributed by atoms with van der Waals surface area (Å²) in [7, 11) is 1.75. The average Bonchev–Trinajstić information content (AvgIpc) is 2.69. The van der Waals surface area contributed by atoms with Crippen LogP contribution < -0.4 is 0 Å². The Kier molecular flexibility index (Phi) is 3.82. The van der Waals surface area contributed by atoms with Crippen LogP contribution in [0.5, 0.6) is 0 Å². The maximum absolute atomic E-state index is 12.4. The molecule has 0 aliphatic carbocycles. The standard InChI is InChI=1S/C14H12BrN3O/c1-9-13(8-18(2)17-9)14(19)12(7-16)10-4-3-5-11(15)6-10/h3-6,8,12H,1-2H3. The van der Waals surface area contributed by atoms with Gasteiger partial charge in [0.2, 0.25) is 0 Å². The van der Waals surface area contributed by atoms with Gasteiger partial charge in [0.25, 0.3) is 0 Å². The fraction of sp³-hybridized carbons (Fsp3) is 0.214. The molecule has 0 fully saturated rings. The van der Waals surface area contributed by atoms with E-state index in [4.69, 9.17) is 0 Å². The molecule has 1 heterocycles. The monoisotopic (exact) mass is 317 g/mol. The number of aromatic nitrogens is 2. The van der Waals surface area contributed by atoms with E-state index in [0.717, 1.165) is 4.47 Å². The molecule has 0 amide bonds. The van der Waals surface area contributed by atoms with Crippen molar-refractivity contribution in [3.8, 4) is 6.07 Å². The Hall–Kier alpha value is -1.93. The molecule has 0 saturated carbocycles. The van der Waals surface area contributed by atoms with Crippen molar-refractivity contribution in [2.45, 2.75) is 12.8 Å². The summed E-state index contributed by atoms with van der Waals surface area (Å²) in [5, 5.41) is 13.4. The van der Waals surface area contributed by atoms with Crippen molar-refractivity contribution < 1.29 is 4.79 Å². The van der Waals surface area contributed by atoms with Gasteiger partial charge in [0.1, 0.15) is 5.92 Å². The molecule has 2 rings (SSSR count). The van der Waals surface area contributed by atoms with E-state index in [2.05, 4.69) is 27.1 Å². The largest absolute Gasteiger partial charge is 0.292 e. The van der Waals surface area contributed by atoms with Gasteiger partial charge in [0.05, 0.1) is 17.3 Å². The minimum atomic E-state index is -0.805. The summed E-state index contributed by atoms with van der Waals surface area (Å²) in [6.45, 7) is 1.77. The molecule has 1 atom stereocenters. The number of ketones is 1. The number of halogens is 1. The van der Waals surface area contributed by atoms with Crippen molar-refractivity contribution in [3.05, 3.63) is 51.8 Å². The molecule has 0 radical (unpaired) electrons. The number of nitrogens with zero attached hydrogens (tertiary/aromatic N) is 3. The van der Waals surface area contributed by atoms with Crippen molar-refractivity contribution in [2.75, 3.05) is 0 Å². The van der Waals surface area contributed by atoms with Crippen LogP contribution in [-0.2, 0) is 7.05 Å². The molecule has 1 aromatic carbocycles. The summed E-state index contributed by atoms with van der Waals surface area (Å²) in [5.41, 5.74) is 1.82. The molecule has 0 bridgehead atoms. The molecule has 1 aromatic heterocycles. The summed E-state index contributed by atoms with van der Waals surface area (Å²) in [5.74, 6) is -1.02. The normalized spacial score (nSPS) is 11.9. The van der Waals surface area contributed by atoms with Gasteiger partial charge in [-0.05, 0) is 24.6 Å². The molecule has 19 heavy (non-hydrogen) atoms. The molecular weight excluding hydrogens is 306 g/mol. The highest BCUT2D eigenvalue weighted by Gasteiger charge is 2.24. The Morgan fingerprint density at radius 3 is 2.79 bits per heavy atom. The smallest absolute Gasteiger partial charge is 0.187 e. The number of rotatable bonds is 3. The molecule has 0 saturated heterocycles. The van der Waals surface area contributed by atoms with Crippen molar-refractivity contribution in [2.24, 2.45) is 7.05 Å². The molecule has 0 N–H and O–H groups in total. The summed E-state index contributed by atoms with van der Waals surface area (Å²) in [6, 6.07) is 9.31. The summed E-state index contributed by atoms with van der Waals surface area (Å²) in [6.07, 6.45) is 1.65. The van der Waals surface area contributed by atoms with E-state index in [1.165, 1.54) is 0 Å². The van der Waals surface area contributed by atoms with Crippen molar-refractivity contribution in [1.82, 2.24) is 9.78 Å². The van der Waals surface area contributed by atoms with Crippen LogP contribution in [0.3, 0.4) is 0 Å². The number of hydrogen-bond donors (Lipinski definition) is 0. The number of carbonyl (C=O) groups excluding carboxylic acids is 1. The van der Waals surface area contributed by atoms with Gasteiger partial charge in [-0.3, -0.25) is 9.48 Å². The van der Waals surface area contributed by atoms with Gasteiger partial charge in [-0.1, -0.05) is 28.1 Å². The summed E-state index contributed by atoms with van der Waals surface area (Å²) >= 11 is 3.35. The van der Waals surface area contributed by atoms with Crippen LogP contribution in [0.4, 0.5) is 0 Å². The Morgan fingerprint density at radius 2 is 2.26 bits per heavy atom. The molecule has 2 aromatic rings. The molecule has 5 heteroatoms. The number of Topliss-reactive ketones (excluding diaryl/α,β-unsaturated/α-hetero) is 1. The second-order valence-electron chi connectivity index (χ2n) is 4.28. The zero-order valence-electron chi connectivity index (χ0n) is 10.6. The number of benzene rings is 1. The summed E-state index contributed by atoms with van der Waals surface area (Å²) in [4.78, 5) is 12.4. The highest BCUT2D eigenvalue weighted by atomic mass is 79.9. The third kappa shape index (κ3) is 2.74. The molecule has 1 unspecified atom stereocenters. The lowest BCUT2D eigenvalue weighted by Gasteiger charge is -2.08. The van der Waals surface area contributed by atoms with Gasteiger partial charge in [-0.15, -0.1) is 0 Å². The van der Waals surface area contributed by atoms with Gasteiger partial charge in [-0.25, -0.2) is 0 Å². The maximum atomic E-state index is 12.4. The molecule has 0 aliphatic heterocycles. The lowest BCUT2D eigenvalue weighted by atomic mass is 9.92. The minimum Gasteiger partial charge on any atom is -0.292 e. The number of hydrogen-bond acceptors (Lipinski definition) is 3. The Morgan fingerprint density at radius 1 is 1.53 bits per heavy atom. The van der Waals surface area contributed by atoms with E-state index >= 15 is 0 Å². The molecule has 0 spiro atoms. The Balaban J connectivity index is 2.41. The molecular formula is C14H12BrN3O.